The van der Waals surface area contributed by atoms with Crippen molar-refractivity contribution in [3.05, 3.63) is 40.8 Å². The molecule has 0 saturated carbocycles. The zero-order chi connectivity index (χ0) is 15.6. The highest BCUT2D eigenvalue weighted by Crippen LogP contribution is 2.18. The van der Waals surface area contributed by atoms with Crippen molar-refractivity contribution in [2.24, 2.45) is 5.41 Å². The first-order valence-electron chi connectivity index (χ1n) is 6.95. The van der Waals surface area contributed by atoms with Crippen LogP contribution in [-0.2, 0) is 11.2 Å². The maximum Gasteiger partial charge on any atom is 0.322 e. The van der Waals surface area contributed by atoms with Gasteiger partial charge in [0.05, 0.1) is 6.42 Å². The SMILES string of the molecule is Cc1ccc(Cc2nnc(NC(=O)C(C)(C)C)o2)cc1C. The highest BCUT2D eigenvalue weighted by Gasteiger charge is 2.23. The monoisotopic (exact) mass is 287 g/mol. The largest absolute Gasteiger partial charge is 0.407 e. The van der Waals surface area contributed by atoms with Crippen molar-refractivity contribution < 1.29 is 9.21 Å². The number of benzene rings is 1. The lowest BCUT2D eigenvalue weighted by molar-refractivity contribution is -0.123. The minimum Gasteiger partial charge on any atom is -0.407 e. The Morgan fingerprint density at radius 3 is 2.52 bits per heavy atom. The van der Waals surface area contributed by atoms with E-state index in [0.717, 1.165) is 5.56 Å². The number of aromatic nitrogens is 2. The van der Waals surface area contributed by atoms with Crippen LogP contribution >= 0.6 is 0 Å². The lowest BCUT2D eigenvalue weighted by atomic mass is 9.96. The normalized spacial score (nSPS) is 11.5. The fraction of sp³-hybridized carbons (Fsp3) is 0.438. The Hall–Kier alpha value is -2.17. The van der Waals surface area contributed by atoms with Crippen LogP contribution in [-0.4, -0.2) is 16.1 Å². The van der Waals surface area contributed by atoms with E-state index in [0.29, 0.717) is 12.3 Å². The average molecular weight is 287 g/mol. The summed E-state index contributed by atoms with van der Waals surface area (Å²) in [4.78, 5) is 11.8. The molecule has 0 saturated heterocycles. The van der Waals surface area contributed by atoms with Crippen molar-refractivity contribution in [3.63, 3.8) is 0 Å². The van der Waals surface area contributed by atoms with Crippen molar-refractivity contribution in [1.29, 1.82) is 0 Å². The molecule has 5 nitrogen and oxygen atoms in total. The van der Waals surface area contributed by atoms with Crippen LogP contribution in [0.4, 0.5) is 6.01 Å². The summed E-state index contributed by atoms with van der Waals surface area (Å²) in [5.74, 6) is 0.339. The summed E-state index contributed by atoms with van der Waals surface area (Å²) in [6.45, 7) is 9.63. The Labute approximate surface area is 124 Å². The summed E-state index contributed by atoms with van der Waals surface area (Å²) in [6.07, 6.45) is 0.555. The second-order valence-electron chi connectivity index (χ2n) is 6.30. The molecule has 2 rings (SSSR count). The fourth-order valence-electron chi connectivity index (χ4n) is 1.75. The second-order valence-corrected chi connectivity index (χ2v) is 6.30. The molecular formula is C16H21N3O2. The van der Waals surface area contributed by atoms with Crippen molar-refractivity contribution in [2.45, 2.75) is 41.0 Å². The highest BCUT2D eigenvalue weighted by molar-refractivity contribution is 5.92. The molecule has 0 aliphatic heterocycles. The summed E-state index contributed by atoms with van der Waals surface area (Å²) >= 11 is 0. The molecule has 1 aromatic carbocycles. The zero-order valence-electron chi connectivity index (χ0n) is 13.2. The minimum absolute atomic E-state index is 0.147. The number of amides is 1. The summed E-state index contributed by atoms with van der Waals surface area (Å²) in [5, 5.41) is 10.5. The van der Waals surface area contributed by atoms with Gasteiger partial charge in [0.1, 0.15) is 0 Å². The Morgan fingerprint density at radius 2 is 1.90 bits per heavy atom. The minimum atomic E-state index is -0.497. The Bertz CT molecular complexity index is 654. The molecule has 0 bridgehead atoms. The molecule has 0 atom stereocenters. The number of rotatable bonds is 3. The van der Waals surface area contributed by atoms with Gasteiger partial charge in [-0.1, -0.05) is 44.1 Å². The van der Waals surface area contributed by atoms with E-state index in [1.807, 2.05) is 26.8 Å². The van der Waals surface area contributed by atoms with E-state index in [9.17, 15) is 4.79 Å². The molecule has 1 heterocycles. The molecule has 0 fully saturated rings. The summed E-state index contributed by atoms with van der Waals surface area (Å²) in [5.41, 5.74) is 3.09. The van der Waals surface area contributed by atoms with Gasteiger partial charge in [-0.2, -0.15) is 0 Å². The molecule has 0 spiro atoms. The van der Waals surface area contributed by atoms with E-state index in [-0.39, 0.29) is 11.9 Å². The molecule has 5 heteroatoms. The van der Waals surface area contributed by atoms with Gasteiger partial charge in [0.15, 0.2) is 0 Å². The number of aryl methyl sites for hydroxylation is 2. The molecule has 112 valence electrons. The smallest absolute Gasteiger partial charge is 0.322 e. The number of nitrogens with one attached hydrogen (secondary N) is 1. The standard InChI is InChI=1S/C16H21N3O2/c1-10-6-7-12(8-11(10)2)9-13-18-19-15(21-13)17-14(20)16(3,4)5/h6-8H,9H2,1-5H3,(H,17,19,20). The van der Waals surface area contributed by atoms with E-state index >= 15 is 0 Å². The summed E-state index contributed by atoms with van der Waals surface area (Å²) in [7, 11) is 0. The van der Waals surface area contributed by atoms with E-state index in [1.54, 1.807) is 0 Å². The van der Waals surface area contributed by atoms with E-state index in [1.165, 1.54) is 11.1 Å². The van der Waals surface area contributed by atoms with E-state index in [4.69, 9.17) is 4.42 Å². The summed E-state index contributed by atoms with van der Waals surface area (Å²) in [6, 6.07) is 6.37. The Morgan fingerprint density at radius 1 is 1.19 bits per heavy atom. The molecular weight excluding hydrogens is 266 g/mol. The van der Waals surface area contributed by atoms with Crippen LogP contribution in [0.25, 0.3) is 0 Å². The van der Waals surface area contributed by atoms with Gasteiger partial charge in [0.25, 0.3) is 0 Å². The van der Waals surface area contributed by atoms with Crippen molar-refractivity contribution >= 4 is 11.9 Å². The second kappa shape index (κ2) is 5.68. The van der Waals surface area contributed by atoms with Gasteiger partial charge in [-0.15, -0.1) is 5.10 Å². The predicted molar refractivity (Wildman–Crippen MR) is 81.1 cm³/mol. The van der Waals surface area contributed by atoms with Crippen LogP contribution in [0.5, 0.6) is 0 Å². The third-order valence-corrected chi connectivity index (χ3v) is 3.30. The number of hydrogen-bond donors (Lipinski definition) is 1. The Kier molecular flexibility index (Phi) is 4.11. The first-order valence-corrected chi connectivity index (χ1v) is 6.95. The first-order chi connectivity index (χ1) is 9.75. The van der Waals surface area contributed by atoms with Gasteiger partial charge < -0.3 is 4.42 Å². The van der Waals surface area contributed by atoms with Crippen LogP contribution < -0.4 is 5.32 Å². The molecule has 1 amide bonds. The molecule has 0 aliphatic carbocycles. The van der Waals surface area contributed by atoms with Crippen LogP contribution in [0.2, 0.25) is 0 Å². The highest BCUT2D eigenvalue weighted by atomic mass is 16.4. The number of carbonyl (C=O) groups is 1. The molecule has 0 unspecified atom stereocenters. The molecule has 1 aromatic heterocycles. The number of anilines is 1. The fourth-order valence-corrected chi connectivity index (χ4v) is 1.75. The third-order valence-electron chi connectivity index (χ3n) is 3.30. The molecule has 2 aromatic rings. The lowest BCUT2D eigenvalue weighted by Gasteiger charge is -2.15. The predicted octanol–water partition coefficient (Wildman–Crippen LogP) is 3.26. The topological polar surface area (TPSA) is 68.0 Å². The number of nitrogens with zero attached hydrogens (tertiary/aromatic N) is 2. The third kappa shape index (κ3) is 3.90. The lowest BCUT2D eigenvalue weighted by Crippen LogP contribution is -2.27. The molecule has 1 N–H and O–H groups in total. The maximum atomic E-state index is 11.8. The van der Waals surface area contributed by atoms with Crippen molar-refractivity contribution in [3.8, 4) is 0 Å². The van der Waals surface area contributed by atoms with Gasteiger partial charge in [-0.05, 0) is 30.5 Å². The van der Waals surface area contributed by atoms with E-state index < -0.39 is 5.41 Å². The van der Waals surface area contributed by atoms with Gasteiger partial charge in [-0.25, -0.2) is 0 Å². The molecule has 0 aliphatic rings. The average Bonchev–Trinajstić information content (AvgIpc) is 2.80. The molecule has 21 heavy (non-hydrogen) atoms. The number of carbonyl (C=O) groups excluding carboxylic acids is 1. The quantitative estimate of drug-likeness (QED) is 0.940. The summed E-state index contributed by atoms with van der Waals surface area (Å²) < 4.78 is 5.47. The van der Waals surface area contributed by atoms with Crippen LogP contribution in [0, 0.1) is 19.3 Å². The zero-order valence-corrected chi connectivity index (χ0v) is 13.2. The van der Waals surface area contributed by atoms with Crippen LogP contribution in [0.15, 0.2) is 22.6 Å². The van der Waals surface area contributed by atoms with Crippen molar-refractivity contribution in [2.75, 3.05) is 5.32 Å². The van der Waals surface area contributed by atoms with Gasteiger partial charge >= 0.3 is 6.01 Å². The first kappa shape index (κ1) is 15.2. The van der Waals surface area contributed by atoms with E-state index in [2.05, 4.69) is 41.5 Å². The van der Waals surface area contributed by atoms with Crippen LogP contribution in [0.1, 0.15) is 43.4 Å². The van der Waals surface area contributed by atoms with Gasteiger partial charge in [0, 0.05) is 5.41 Å². The number of hydrogen-bond acceptors (Lipinski definition) is 4. The van der Waals surface area contributed by atoms with Gasteiger partial charge in [0.2, 0.25) is 11.8 Å². The van der Waals surface area contributed by atoms with Crippen molar-refractivity contribution in [1.82, 2.24) is 10.2 Å². The van der Waals surface area contributed by atoms with Crippen LogP contribution in [0.3, 0.4) is 0 Å². The molecule has 0 radical (unpaired) electrons. The Balaban J connectivity index is 2.06. The van der Waals surface area contributed by atoms with Gasteiger partial charge in [-0.3, -0.25) is 10.1 Å². The maximum absolute atomic E-state index is 11.8.